The number of Topliss-reactive ketones (excluding diaryl/α,β-unsaturated/α-hetero) is 1. The Morgan fingerprint density at radius 3 is 2.82 bits per heavy atom. The van der Waals surface area contributed by atoms with E-state index in [4.69, 9.17) is 0 Å². The summed E-state index contributed by atoms with van der Waals surface area (Å²) in [5.41, 5.74) is 2.64. The van der Waals surface area contributed by atoms with Crippen LogP contribution in [-0.2, 0) is 9.53 Å². The summed E-state index contributed by atoms with van der Waals surface area (Å²) in [6.45, 7) is 3.48. The Bertz CT molecular complexity index is 385. The number of hydrazone groups is 1. The second-order valence-corrected chi connectivity index (χ2v) is 3.63. The first-order valence-corrected chi connectivity index (χ1v) is 5.49. The molecule has 0 saturated carbocycles. The molecule has 6 nitrogen and oxygen atoms in total. The first-order valence-electron chi connectivity index (χ1n) is 5.49. The molecule has 0 aliphatic heterocycles. The normalized spacial score (nSPS) is 17.1. The lowest BCUT2D eigenvalue weighted by atomic mass is 9.93. The first-order chi connectivity index (χ1) is 8.06. The number of allylic oxidation sites excluding steroid dienone is 2. The number of carbonyl (C=O) groups excluding carboxylic acids is 2. The van der Waals surface area contributed by atoms with Crippen LogP contribution in [0.2, 0.25) is 0 Å². The highest BCUT2D eigenvalue weighted by Crippen LogP contribution is 2.20. The van der Waals surface area contributed by atoms with Gasteiger partial charge in [-0.15, -0.1) is 0 Å². The van der Waals surface area contributed by atoms with Gasteiger partial charge in [-0.2, -0.15) is 5.10 Å². The van der Waals surface area contributed by atoms with Crippen molar-refractivity contribution in [3.63, 3.8) is 0 Å². The van der Waals surface area contributed by atoms with Gasteiger partial charge in [0.2, 0.25) is 0 Å². The zero-order valence-corrected chi connectivity index (χ0v) is 9.95. The van der Waals surface area contributed by atoms with Crippen LogP contribution in [-0.4, -0.2) is 29.3 Å². The summed E-state index contributed by atoms with van der Waals surface area (Å²) in [6.07, 6.45) is 0.821. The van der Waals surface area contributed by atoms with E-state index in [-0.39, 0.29) is 23.7 Å². The number of ketones is 1. The standard InChI is InChI=1S/C11H16N2O4/c1-3-17-11(16)13-12-7(2)10-8(14)5-4-6-9(10)15/h14H,3-6H2,1-2H3,(H,13,16)/b12-7+. The minimum Gasteiger partial charge on any atom is -0.511 e. The fourth-order valence-corrected chi connectivity index (χ4v) is 1.59. The van der Waals surface area contributed by atoms with Crippen molar-refractivity contribution in [3.8, 4) is 0 Å². The molecule has 1 aliphatic rings. The van der Waals surface area contributed by atoms with Gasteiger partial charge in [-0.1, -0.05) is 0 Å². The van der Waals surface area contributed by atoms with Gasteiger partial charge >= 0.3 is 6.09 Å². The number of rotatable bonds is 3. The van der Waals surface area contributed by atoms with Crippen LogP contribution in [0.15, 0.2) is 16.4 Å². The Labute approximate surface area is 99.3 Å². The zero-order valence-electron chi connectivity index (χ0n) is 9.95. The van der Waals surface area contributed by atoms with Crippen LogP contribution in [0.1, 0.15) is 33.1 Å². The summed E-state index contributed by atoms with van der Waals surface area (Å²) in [5, 5.41) is 13.3. The first kappa shape index (κ1) is 13.2. The van der Waals surface area contributed by atoms with Crippen molar-refractivity contribution < 1.29 is 19.4 Å². The molecule has 0 aromatic carbocycles. The maximum Gasteiger partial charge on any atom is 0.427 e. The highest BCUT2D eigenvalue weighted by Gasteiger charge is 2.22. The molecule has 1 aliphatic carbocycles. The van der Waals surface area contributed by atoms with Crippen molar-refractivity contribution in [2.24, 2.45) is 5.10 Å². The molecule has 1 rings (SSSR count). The van der Waals surface area contributed by atoms with Crippen molar-refractivity contribution in [1.29, 1.82) is 0 Å². The molecular weight excluding hydrogens is 224 g/mol. The Kier molecular flexibility index (Phi) is 4.68. The number of amides is 1. The van der Waals surface area contributed by atoms with Crippen LogP contribution >= 0.6 is 0 Å². The van der Waals surface area contributed by atoms with E-state index in [0.717, 1.165) is 0 Å². The molecule has 94 valence electrons. The lowest BCUT2D eigenvalue weighted by molar-refractivity contribution is -0.115. The fourth-order valence-electron chi connectivity index (χ4n) is 1.59. The van der Waals surface area contributed by atoms with E-state index >= 15 is 0 Å². The summed E-state index contributed by atoms with van der Waals surface area (Å²) in [5.74, 6) is -0.117. The quantitative estimate of drug-likeness (QED) is 0.580. The number of aliphatic hydroxyl groups excluding tert-OH is 1. The van der Waals surface area contributed by atoms with Crippen molar-refractivity contribution in [3.05, 3.63) is 11.3 Å². The largest absolute Gasteiger partial charge is 0.511 e. The van der Waals surface area contributed by atoms with Crippen LogP contribution < -0.4 is 5.43 Å². The molecule has 0 spiro atoms. The lowest BCUT2D eigenvalue weighted by Gasteiger charge is -2.14. The molecule has 0 bridgehead atoms. The van der Waals surface area contributed by atoms with Gasteiger partial charge in [-0.05, 0) is 20.3 Å². The summed E-state index contributed by atoms with van der Waals surface area (Å²) in [4.78, 5) is 22.6. The second kappa shape index (κ2) is 6.03. The average molecular weight is 240 g/mol. The van der Waals surface area contributed by atoms with Gasteiger partial charge in [-0.3, -0.25) is 4.79 Å². The Hall–Kier alpha value is -1.85. The second-order valence-electron chi connectivity index (χ2n) is 3.63. The predicted molar refractivity (Wildman–Crippen MR) is 61.8 cm³/mol. The molecule has 0 aromatic heterocycles. The third-order valence-electron chi connectivity index (χ3n) is 2.34. The highest BCUT2D eigenvalue weighted by atomic mass is 16.5. The molecule has 1 amide bonds. The molecule has 6 heteroatoms. The smallest absolute Gasteiger partial charge is 0.427 e. The molecule has 0 atom stereocenters. The van der Waals surface area contributed by atoms with Crippen molar-refractivity contribution >= 4 is 17.6 Å². The topological polar surface area (TPSA) is 88.0 Å². The maximum absolute atomic E-state index is 11.6. The van der Waals surface area contributed by atoms with E-state index < -0.39 is 6.09 Å². The number of nitrogens with one attached hydrogen (secondary N) is 1. The number of nitrogens with zero attached hydrogens (tertiary/aromatic N) is 1. The maximum atomic E-state index is 11.6. The minimum atomic E-state index is -0.685. The van der Waals surface area contributed by atoms with Crippen LogP contribution in [0, 0.1) is 0 Å². The molecule has 0 aromatic rings. The van der Waals surface area contributed by atoms with E-state index in [0.29, 0.717) is 25.0 Å². The van der Waals surface area contributed by atoms with E-state index in [1.54, 1.807) is 13.8 Å². The number of hydrogen-bond acceptors (Lipinski definition) is 5. The Morgan fingerprint density at radius 2 is 2.24 bits per heavy atom. The number of ether oxygens (including phenoxy) is 1. The minimum absolute atomic E-state index is 0.0353. The monoisotopic (exact) mass is 240 g/mol. The van der Waals surface area contributed by atoms with Crippen molar-refractivity contribution in [2.45, 2.75) is 33.1 Å². The summed E-state index contributed by atoms with van der Waals surface area (Å²) in [7, 11) is 0. The van der Waals surface area contributed by atoms with Crippen molar-refractivity contribution in [1.82, 2.24) is 5.43 Å². The third kappa shape index (κ3) is 3.58. The van der Waals surface area contributed by atoms with E-state index in [9.17, 15) is 14.7 Å². The van der Waals surface area contributed by atoms with E-state index in [2.05, 4.69) is 15.3 Å². The third-order valence-corrected chi connectivity index (χ3v) is 2.34. The van der Waals surface area contributed by atoms with Crippen LogP contribution in [0.25, 0.3) is 0 Å². The van der Waals surface area contributed by atoms with Crippen LogP contribution in [0.5, 0.6) is 0 Å². The predicted octanol–water partition coefficient (Wildman–Crippen LogP) is 1.67. The highest BCUT2D eigenvalue weighted by molar-refractivity contribution is 6.22. The van der Waals surface area contributed by atoms with Gasteiger partial charge in [0.15, 0.2) is 5.78 Å². The molecule has 0 fully saturated rings. The number of carbonyl (C=O) groups is 2. The molecular formula is C11H16N2O4. The van der Waals surface area contributed by atoms with Crippen LogP contribution in [0.4, 0.5) is 4.79 Å². The van der Waals surface area contributed by atoms with Gasteiger partial charge < -0.3 is 9.84 Å². The van der Waals surface area contributed by atoms with Gasteiger partial charge in [0.05, 0.1) is 17.9 Å². The molecule has 17 heavy (non-hydrogen) atoms. The molecule has 0 heterocycles. The molecule has 0 radical (unpaired) electrons. The van der Waals surface area contributed by atoms with Gasteiger partial charge in [-0.25, -0.2) is 10.2 Å². The summed E-state index contributed by atoms with van der Waals surface area (Å²) < 4.78 is 4.61. The Morgan fingerprint density at radius 1 is 1.53 bits per heavy atom. The van der Waals surface area contributed by atoms with Crippen molar-refractivity contribution in [2.75, 3.05) is 6.61 Å². The summed E-state index contributed by atoms with van der Waals surface area (Å²) >= 11 is 0. The Balaban J connectivity index is 2.74. The SMILES string of the molecule is CCOC(=O)N/N=C(\C)C1=C(O)CCCC1=O. The molecule has 2 N–H and O–H groups in total. The molecule has 0 saturated heterocycles. The van der Waals surface area contributed by atoms with E-state index in [1.165, 1.54) is 0 Å². The summed E-state index contributed by atoms with van der Waals surface area (Å²) in [6, 6.07) is 0. The van der Waals surface area contributed by atoms with Gasteiger partial charge in [0.25, 0.3) is 0 Å². The van der Waals surface area contributed by atoms with E-state index in [1.807, 2.05) is 0 Å². The number of hydrogen-bond donors (Lipinski definition) is 2. The fraction of sp³-hybridized carbons (Fsp3) is 0.545. The van der Waals surface area contributed by atoms with Gasteiger partial charge in [0.1, 0.15) is 5.76 Å². The lowest BCUT2D eigenvalue weighted by Crippen LogP contribution is -2.23. The molecule has 0 unspecified atom stereocenters. The zero-order chi connectivity index (χ0) is 12.8. The average Bonchev–Trinajstić information content (AvgIpc) is 2.26. The van der Waals surface area contributed by atoms with Gasteiger partial charge in [0, 0.05) is 12.8 Å². The number of aliphatic hydroxyl groups is 1. The van der Waals surface area contributed by atoms with Crippen LogP contribution in [0.3, 0.4) is 0 Å².